The van der Waals surface area contributed by atoms with Crippen molar-refractivity contribution in [1.29, 1.82) is 0 Å². The van der Waals surface area contributed by atoms with Gasteiger partial charge in [0.1, 0.15) is 0 Å². The quantitative estimate of drug-likeness (QED) is 0.682. The average molecular weight is 315 g/mol. The Morgan fingerprint density at radius 2 is 2.00 bits per heavy atom. The highest BCUT2D eigenvalue weighted by molar-refractivity contribution is 5.96. The molecule has 122 valence electrons. The fourth-order valence-corrected chi connectivity index (χ4v) is 3.75. The van der Waals surface area contributed by atoms with Gasteiger partial charge in [0.15, 0.2) is 0 Å². The molecule has 2 aliphatic carbocycles. The van der Waals surface area contributed by atoms with Gasteiger partial charge in [0, 0.05) is 23.4 Å². The van der Waals surface area contributed by atoms with Crippen LogP contribution in [0.2, 0.25) is 0 Å². The van der Waals surface area contributed by atoms with Crippen molar-refractivity contribution in [3.8, 4) is 0 Å². The van der Waals surface area contributed by atoms with Crippen LogP contribution in [0.3, 0.4) is 0 Å². The van der Waals surface area contributed by atoms with E-state index in [9.17, 15) is 14.9 Å². The number of nitro benzene ring substituents is 1. The summed E-state index contributed by atoms with van der Waals surface area (Å²) in [5.74, 6) is 1.15. The van der Waals surface area contributed by atoms with E-state index in [0.717, 1.165) is 30.9 Å². The fraction of sp³-hybridized carbons (Fsp3) is 0.529. The molecule has 2 atom stereocenters. The van der Waals surface area contributed by atoms with Crippen molar-refractivity contribution < 1.29 is 9.72 Å². The molecule has 23 heavy (non-hydrogen) atoms. The van der Waals surface area contributed by atoms with Crippen molar-refractivity contribution in [2.24, 2.45) is 16.9 Å². The largest absolute Gasteiger partial charge is 0.271 e. The van der Waals surface area contributed by atoms with Gasteiger partial charge in [0.2, 0.25) is 0 Å². The molecule has 3 rings (SSSR count). The lowest BCUT2D eigenvalue weighted by molar-refractivity contribution is -0.384. The highest BCUT2D eigenvalue weighted by Crippen LogP contribution is 2.39. The van der Waals surface area contributed by atoms with Crippen LogP contribution < -0.4 is 5.43 Å². The molecule has 0 aliphatic heterocycles. The maximum absolute atomic E-state index is 12.1. The van der Waals surface area contributed by atoms with Gasteiger partial charge in [-0.2, -0.15) is 5.10 Å². The van der Waals surface area contributed by atoms with E-state index in [1.165, 1.54) is 43.9 Å². The van der Waals surface area contributed by atoms with E-state index >= 15 is 0 Å². The molecule has 1 N–H and O–H groups in total. The van der Waals surface area contributed by atoms with Crippen LogP contribution >= 0.6 is 0 Å². The molecule has 1 aromatic rings. The summed E-state index contributed by atoms with van der Waals surface area (Å²) in [5.41, 5.74) is 3.77. The molecule has 1 amide bonds. The summed E-state index contributed by atoms with van der Waals surface area (Å²) in [6, 6.07) is 5.70. The lowest BCUT2D eigenvalue weighted by atomic mass is 9.70. The first-order chi connectivity index (χ1) is 11.1. The number of fused-ring (bicyclic) bond motifs is 1. The highest BCUT2D eigenvalue weighted by atomic mass is 16.6. The summed E-state index contributed by atoms with van der Waals surface area (Å²) in [7, 11) is 0. The van der Waals surface area contributed by atoms with Gasteiger partial charge in [-0.3, -0.25) is 14.9 Å². The van der Waals surface area contributed by atoms with Crippen LogP contribution in [-0.4, -0.2) is 16.5 Å². The topological polar surface area (TPSA) is 84.6 Å². The van der Waals surface area contributed by atoms with Crippen LogP contribution in [0.5, 0.6) is 0 Å². The molecule has 0 unspecified atom stereocenters. The number of carbonyl (C=O) groups is 1. The SMILES string of the molecule is O=C(N/N=C1/CC[C@H]2CCCC[C@@H]2C1)c1cccc([N+](=O)[O-])c1. The first-order valence-electron chi connectivity index (χ1n) is 8.23. The molecule has 2 fully saturated rings. The minimum Gasteiger partial charge on any atom is -0.267 e. The Labute approximate surface area is 135 Å². The molecule has 0 bridgehead atoms. The zero-order valence-electron chi connectivity index (χ0n) is 13.0. The predicted octanol–water partition coefficient (Wildman–Crippen LogP) is 3.67. The monoisotopic (exact) mass is 315 g/mol. The van der Waals surface area contributed by atoms with E-state index in [-0.39, 0.29) is 11.3 Å². The lowest BCUT2D eigenvalue weighted by Gasteiger charge is -2.35. The van der Waals surface area contributed by atoms with Crippen molar-refractivity contribution in [1.82, 2.24) is 5.43 Å². The molecular weight excluding hydrogens is 294 g/mol. The molecule has 2 aliphatic rings. The Morgan fingerprint density at radius 3 is 2.78 bits per heavy atom. The summed E-state index contributed by atoms with van der Waals surface area (Å²) in [6.45, 7) is 0. The number of benzene rings is 1. The van der Waals surface area contributed by atoms with E-state index in [1.807, 2.05) is 0 Å². The molecule has 0 saturated heterocycles. The number of nitro groups is 1. The van der Waals surface area contributed by atoms with Gasteiger partial charge in [0.25, 0.3) is 11.6 Å². The van der Waals surface area contributed by atoms with Crippen molar-refractivity contribution in [2.75, 3.05) is 0 Å². The third-order valence-electron chi connectivity index (χ3n) is 5.00. The van der Waals surface area contributed by atoms with Gasteiger partial charge in [-0.25, -0.2) is 5.43 Å². The van der Waals surface area contributed by atoms with E-state index < -0.39 is 10.8 Å². The van der Waals surface area contributed by atoms with E-state index in [0.29, 0.717) is 5.92 Å². The third kappa shape index (κ3) is 3.75. The van der Waals surface area contributed by atoms with Gasteiger partial charge in [-0.1, -0.05) is 25.3 Å². The molecule has 1 aromatic carbocycles. The molecule has 6 nitrogen and oxygen atoms in total. The van der Waals surface area contributed by atoms with Crippen LogP contribution in [-0.2, 0) is 0 Å². The second kappa shape index (κ2) is 6.89. The molecule has 6 heteroatoms. The number of non-ortho nitro benzene ring substituents is 1. The minimum atomic E-state index is -0.507. The first-order valence-corrected chi connectivity index (χ1v) is 8.23. The van der Waals surface area contributed by atoms with Gasteiger partial charge < -0.3 is 0 Å². The summed E-state index contributed by atoms with van der Waals surface area (Å²) in [4.78, 5) is 22.4. The maximum atomic E-state index is 12.1. The normalized spacial score (nSPS) is 25.7. The van der Waals surface area contributed by atoms with Gasteiger partial charge >= 0.3 is 0 Å². The number of amides is 1. The molecule has 0 spiro atoms. The average Bonchev–Trinajstić information content (AvgIpc) is 2.59. The van der Waals surface area contributed by atoms with Crippen molar-refractivity contribution in [3.05, 3.63) is 39.9 Å². The number of nitrogens with one attached hydrogen (secondary N) is 1. The van der Waals surface area contributed by atoms with Crippen LogP contribution in [0.15, 0.2) is 29.4 Å². The Morgan fingerprint density at radius 1 is 1.22 bits per heavy atom. The summed E-state index contributed by atoms with van der Waals surface area (Å²) < 4.78 is 0. The van der Waals surface area contributed by atoms with Crippen molar-refractivity contribution in [3.63, 3.8) is 0 Å². The third-order valence-corrected chi connectivity index (χ3v) is 5.00. The van der Waals surface area contributed by atoms with Crippen molar-refractivity contribution in [2.45, 2.75) is 44.9 Å². The van der Waals surface area contributed by atoms with E-state index in [2.05, 4.69) is 10.5 Å². The summed E-state index contributed by atoms with van der Waals surface area (Å²) in [5, 5.41) is 15.0. The zero-order valence-corrected chi connectivity index (χ0v) is 13.0. The Balaban J connectivity index is 1.62. The van der Waals surface area contributed by atoms with Crippen LogP contribution in [0.25, 0.3) is 0 Å². The minimum absolute atomic E-state index is 0.0898. The molecule has 0 heterocycles. The molecular formula is C17H21N3O3. The van der Waals surface area contributed by atoms with Crippen LogP contribution in [0.4, 0.5) is 5.69 Å². The fourth-order valence-electron chi connectivity index (χ4n) is 3.75. The molecule has 0 radical (unpaired) electrons. The standard InChI is InChI=1S/C17H21N3O3/c21-17(14-6-3-7-16(11-14)20(22)23)19-18-15-9-8-12-4-1-2-5-13(12)10-15/h3,6-7,11-13H,1-2,4-5,8-10H2,(H,19,21)/b18-15-/t12-,13-/m1/s1. The lowest BCUT2D eigenvalue weighted by Crippen LogP contribution is -2.29. The van der Waals surface area contributed by atoms with Crippen LogP contribution in [0.1, 0.15) is 55.3 Å². The first kappa shape index (κ1) is 15.6. The highest BCUT2D eigenvalue weighted by Gasteiger charge is 2.30. The van der Waals surface area contributed by atoms with E-state index in [1.54, 1.807) is 6.07 Å². The zero-order chi connectivity index (χ0) is 16.2. The van der Waals surface area contributed by atoms with Gasteiger partial charge in [0.05, 0.1) is 4.92 Å². The van der Waals surface area contributed by atoms with Crippen molar-refractivity contribution >= 4 is 17.3 Å². The van der Waals surface area contributed by atoms with Crippen LogP contribution in [0, 0.1) is 22.0 Å². The number of rotatable bonds is 3. The summed E-state index contributed by atoms with van der Waals surface area (Å²) >= 11 is 0. The second-order valence-corrected chi connectivity index (χ2v) is 6.47. The molecule has 0 aromatic heterocycles. The van der Waals surface area contributed by atoms with Gasteiger partial charge in [-0.05, 0) is 43.6 Å². The number of carbonyl (C=O) groups excluding carboxylic acids is 1. The Hall–Kier alpha value is -2.24. The molecule has 2 saturated carbocycles. The van der Waals surface area contributed by atoms with E-state index in [4.69, 9.17) is 0 Å². The Kier molecular flexibility index (Phi) is 4.69. The smallest absolute Gasteiger partial charge is 0.267 e. The number of hydrogen-bond acceptors (Lipinski definition) is 4. The number of nitrogens with zero attached hydrogens (tertiary/aromatic N) is 2. The maximum Gasteiger partial charge on any atom is 0.271 e. The Bertz CT molecular complexity index is 642. The predicted molar refractivity (Wildman–Crippen MR) is 87.3 cm³/mol. The number of hydrogen-bond donors (Lipinski definition) is 1. The second-order valence-electron chi connectivity index (χ2n) is 6.47. The summed E-state index contributed by atoms with van der Waals surface area (Å²) in [6.07, 6.45) is 8.32. The van der Waals surface area contributed by atoms with Gasteiger partial charge in [-0.15, -0.1) is 0 Å². The number of hydrazone groups is 1.